The summed E-state index contributed by atoms with van der Waals surface area (Å²) in [5, 5.41) is 9.74. The number of benzene rings is 2. The fourth-order valence-corrected chi connectivity index (χ4v) is 4.59. The number of likely N-dealkylation sites (tertiary alicyclic amines) is 1. The molecule has 1 fully saturated rings. The van der Waals surface area contributed by atoms with Crippen LogP contribution >= 0.6 is 23.2 Å². The third-order valence-electron chi connectivity index (χ3n) is 4.63. The molecular weight excluding hydrogens is 423 g/mol. The zero-order valence-corrected chi connectivity index (χ0v) is 17.3. The number of aliphatic hydroxyl groups is 1. The van der Waals surface area contributed by atoms with Crippen molar-refractivity contribution in [1.82, 2.24) is 4.90 Å². The van der Waals surface area contributed by atoms with Crippen LogP contribution in [0, 0.1) is 5.92 Å². The van der Waals surface area contributed by atoms with Gasteiger partial charge in [0.15, 0.2) is 0 Å². The van der Waals surface area contributed by atoms with Crippen LogP contribution in [0.1, 0.15) is 23.2 Å². The van der Waals surface area contributed by atoms with E-state index in [0.717, 1.165) is 12.8 Å². The lowest BCUT2D eigenvalue weighted by atomic mass is 9.98. The molecule has 28 heavy (non-hydrogen) atoms. The molecule has 1 saturated heterocycles. The highest BCUT2D eigenvalue weighted by atomic mass is 35.5. The fourth-order valence-electron chi connectivity index (χ4n) is 3.15. The van der Waals surface area contributed by atoms with Gasteiger partial charge in [-0.25, -0.2) is 8.42 Å². The Bertz CT molecular complexity index is 982. The van der Waals surface area contributed by atoms with Crippen molar-refractivity contribution in [3.05, 3.63) is 58.1 Å². The van der Waals surface area contributed by atoms with E-state index in [0.29, 0.717) is 18.7 Å². The Morgan fingerprint density at radius 2 is 1.96 bits per heavy atom. The van der Waals surface area contributed by atoms with Crippen LogP contribution in [0.15, 0.2) is 47.4 Å². The van der Waals surface area contributed by atoms with Crippen LogP contribution in [0.2, 0.25) is 10.0 Å². The lowest BCUT2D eigenvalue weighted by Gasteiger charge is -2.32. The maximum absolute atomic E-state index is 12.8. The molecule has 9 heteroatoms. The Morgan fingerprint density at radius 1 is 1.18 bits per heavy atom. The average molecular weight is 443 g/mol. The maximum Gasteiger partial charge on any atom is 0.261 e. The molecule has 1 atom stereocenters. The predicted octanol–water partition coefficient (Wildman–Crippen LogP) is 3.64. The van der Waals surface area contributed by atoms with Crippen LogP contribution in [-0.2, 0) is 10.0 Å². The number of hydrogen-bond acceptors (Lipinski definition) is 4. The van der Waals surface area contributed by atoms with Crippen molar-refractivity contribution in [3.63, 3.8) is 0 Å². The van der Waals surface area contributed by atoms with E-state index in [1.807, 2.05) is 0 Å². The molecule has 150 valence electrons. The zero-order chi connectivity index (χ0) is 20.3. The first-order chi connectivity index (χ1) is 13.3. The molecule has 6 nitrogen and oxygen atoms in total. The highest BCUT2D eigenvalue weighted by molar-refractivity contribution is 7.92. The molecule has 2 aromatic rings. The summed E-state index contributed by atoms with van der Waals surface area (Å²) in [6.07, 6.45) is 1.73. The number of aliphatic hydroxyl groups excluding tert-OH is 1. The molecular formula is C19H20Cl2N2O4S. The van der Waals surface area contributed by atoms with E-state index in [1.165, 1.54) is 24.3 Å². The summed E-state index contributed by atoms with van der Waals surface area (Å²) in [4.78, 5) is 14.4. The van der Waals surface area contributed by atoms with E-state index in [1.54, 1.807) is 23.1 Å². The molecule has 1 amide bonds. The summed E-state index contributed by atoms with van der Waals surface area (Å²) in [5.74, 6) is -0.109. The van der Waals surface area contributed by atoms with E-state index < -0.39 is 10.0 Å². The van der Waals surface area contributed by atoms with Crippen LogP contribution < -0.4 is 4.72 Å². The first kappa shape index (κ1) is 20.9. The van der Waals surface area contributed by atoms with E-state index in [4.69, 9.17) is 23.2 Å². The molecule has 2 aromatic carbocycles. The Hall–Kier alpha value is -1.80. The quantitative estimate of drug-likeness (QED) is 0.739. The molecule has 0 bridgehead atoms. The second-order valence-electron chi connectivity index (χ2n) is 6.70. The van der Waals surface area contributed by atoms with Gasteiger partial charge in [0.2, 0.25) is 0 Å². The number of rotatable bonds is 5. The molecule has 1 aliphatic heterocycles. The van der Waals surface area contributed by atoms with Crippen LogP contribution in [-0.4, -0.2) is 44.0 Å². The summed E-state index contributed by atoms with van der Waals surface area (Å²) < 4.78 is 27.6. The Labute approximate surface area is 174 Å². The highest BCUT2D eigenvalue weighted by Crippen LogP contribution is 2.26. The molecule has 0 saturated carbocycles. The number of anilines is 1. The van der Waals surface area contributed by atoms with E-state index in [2.05, 4.69) is 4.72 Å². The van der Waals surface area contributed by atoms with Gasteiger partial charge in [0.1, 0.15) is 0 Å². The molecule has 1 heterocycles. The summed E-state index contributed by atoms with van der Waals surface area (Å²) >= 11 is 11.7. The Balaban J connectivity index is 1.79. The number of carbonyl (C=O) groups excluding carboxylic acids is 1. The van der Waals surface area contributed by atoms with Gasteiger partial charge in [-0.05, 0) is 55.2 Å². The monoisotopic (exact) mass is 442 g/mol. The number of piperidine rings is 1. The number of sulfonamides is 1. The number of halogens is 2. The Kier molecular flexibility index (Phi) is 6.50. The average Bonchev–Trinajstić information content (AvgIpc) is 2.69. The largest absolute Gasteiger partial charge is 0.396 e. The molecule has 3 rings (SSSR count). The summed E-state index contributed by atoms with van der Waals surface area (Å²) in [5.41, 5.74) is 0.653. The fraction of sp³-hybridized carbons (Fsp3) is 0.316. The van der Waals surface area contributed by atoms with Gasteiger partial charge in [-0.15, -0.1) is 0 Å². The maximum atomic E-state index is 12.8. The minimum absolute atomic E-state index is 0.0274. The van der Waals surface area contributed by atoms with Crippen molar-refractivity contribution < 1.29 is 18.3 Å². The van der Waals surface area contributed by atoms with Gasteiger partial charge in [0, 0.05) is 30.9 Å². The number of amides is 1. The molecule has 2 N–H and O–H groups in total. The van der Waals surface area contributed by atoms with Gasteiger partial charge in [0.05, 0.1) is 14.9 Å². The first-order valence-corrected chi connectivity index (χ1v) is 11.0. The lowest BCUT2D eigenvalue weighted by molar-refractivity contribution is 0.0620. The topological polar surface area (TPSA) is 86.7 Å². The molecule has 1 unspecified atom stereocenters. The van der Waals surface area contributed by atoms with Crippen molar-refractivity contribution in [2.75, 3.05) is 24.4 Å². The smallest absolute Gasteiger partial charge is 0.261 e. The molecule has 0 radical (unpaired) electrons. The Morgan fingerprint density at radius 3 is 2.68 bits per heavy atom. The van der Waals surface area contributed by atoms with Crippen LogP contribution in [0.3, 0.4) is 0 Å². The van der Waals surface area contributed by atoms with E-state index >= 15 is 0 Å². The number of nitrogens with zero attached hydrogens (tertiary/aromatic N) is 1. The van der Waals surface area contributed by atoms with Crippen molar-refractivity contribution >= 4 is 44.8 Å². The van der Waals surface area contributed by atoms with Gasteiger partial charge >= 0.3 is 0 Å². The van der Waals surface area contributed by atoms with Crippen LogP contribution in [0.5, 0.6) is 0 Å². The number of nitrogens with one attached hydrogen (secondary N) is 1. The van der Waals surface area contributed by atoms with Crippen molar-refractivity contribution in [2.45, 2.75) is 17.7 Å². The van der Waals surface area contributed by atoms with Crippen LogP contribution in [0.4, 0.5) is 5.69 Å². The van der Waals surface area contributed by atoms with Gasteiger partial charge in [-0.2, -0.15) is 0 Å². The molecule has 0 aromatic heterocycles. The molecule has 0 aliphatic carbocycles. The first-order valence-electron chi connectivity index (χ1n) is 8.78. The van der Waals surface area contributed by atoms with Gasteiger partial charge in [-0.3, -0.25) is 9.52 Å². The summed E-state index contributed by atoms with van der Waals surface area (Å²) in [7, 11) is -3.88. The van der Waals surface area contributed by atoms with Crippen molar-refractivity contribution in [1.29, 1.82) is 0 Å². The third-order valence-corrected chi connectivity index (χ3v) is 6.75. The normalized spacial score (nSPS) is 17.4. The second kappa shape index (κ2) is 8.69. The van der Waals surface area contributed by atoms with Gasteiger partial charge in [-0.1, -0.05) is 29.3 Å². The molecule has 0 spiro atoms. The zero-order valence-electron chi connectivity index (χ0n) is 14.9. The SMILES string of the molecule is O=C(c1cccc(NS(=O)(=O)c2ccc(Cl)c(Cl)c2)c1)N1CCCC(CO)C1. The minimum Gasteiger partial charge on any atom is -0.396 e. The standard InChI is InChI=1S/C19H20Cl2N2O4S/c20-17-7-6-16(10-18(17)21)28(26,27)22-15-5-1-4-14(9-15)19(25)23-8-2-3-13(11-23)12-24/h1,4-7,9-10,13,22,24H,2-3,8,11-12H2. The highest BCUT2D eigenvalue weighted by Gasteiger charge is 2.24. The summed E-state index contributed by atoms with van der Waals surface area (Å²) in [6.45, 7) is 1.16. The van der Waals surface area contributed by atoms with Crippen molar-refractivity contribution in [3.8, 4) is 0 Å². The summed E-state index contributed by atoms with van der Waals surface area (Å²) in [6, 6.07) is 10.4. The lowest BCUT2D eigenvalue weighted by Crippen LogP contribution is -2.40. The van der Waals surface area contributed by atoms with Gasteiger partial charge in [0.25, 0.3) is 15.9 Å². The molecule has 1 aliphatic rings. The van der Waals surface area contributed by atoms with Crippen LogP contribution in [0.25, 0.3) is 0 Å². The third kappa shape index (κ3) is 4.78. The van der Waals surface area contributed by atoms with Gasteiger partial charge < -0.3 is 10.0 Å². The van der Waals surface area contributed by atoms with E-state index in [-0.39, 0.29) is 39.1 Å². The van der Waals surface area contributed by atoms with Crippen molar-refractivity contribution in [2.24, 2.45) is 5.92 Å². The number of hydrogen-bond donors (Lipinski definition) is 2. The minimum atomic E-state index is -3.88. The van der Waals surface area contributed by atoms with E-state index in [9.17, 15) is 18.3 Å². The number of carbonyl (C=O) groups is 1. The second-order valence-corrected chi connectivity index (χ2v) is 9.20. The predicted molar refractivity (Wildman–Crippen MR) is 109 cm³/mol.